The highest BCUT2D eigenvalue weighted by molar-refractivity contribution is 5.77. The monoisotopic (exact) mass is 242 g/mol. The predicted molar refractivity (Wildman–Crippen MR) is 67.3 cm³/mol. The van der Waals surface area contributed by atoms with Gasteiger partial charge >= 0.3 is 5.97 Å². The summed E-state index contributed by atoms with van der Waals surface area (Å²) in [5.41, 5.74) is 2.82. The van der Waals surface area contributed by atoms with Gasteiger partial charge in [-0.3, -0.25) is 4.79 Å². The zero-order valence-electron chi connectivity index (χ0n) is 10.1. The Morgan fingerprint density at radius 3 is 2.78 bits per heavy atom. The largest absolute Gasteiger partial charge is 0.481 e. The molecule has 0 spiro atoms. The topological polar surface area (TPSA) is 55.1 Å². The van der Waals surface area contributed by atoms with Crippen molar-refractivity contribution in [3.05, 3.63) is 41.7 Å². The molecule has 1 aromatic heterocycles. The Hall–Kier alpha value is -2.10. The summed E-state index contributed by atoms with van der Waals surface area (Å²) in [6, 6.07) is 9.87. The van der Waals surface area contributed by atoms with E-state index >= 15 is 0 Å². The average Bonchev–Trinajstić information content (AvgIpc) is 2.91. The van der Waals surface area contributed by atoms with Gasteiger partial charge in [-0.15, -0.1) is 0 Å². The number of carboxylic acids is 1. The molecule has 4 heteroatoms. The minimum atomic E-state index is -0.772. The Balaban J connectivity index is 2.11. The van der Waals surface area contributed by atoms with Crippen LogP contribution in [0.15, 0.2) is 30.3 Å². The fraction of sp³-hybridized carbons (Fsp3) is 0.286. The summed E-state index contributed by atoms with van der Waals surface area (Å²) in [4.78, 5) is 15.7. The van der Waals surface area contributed by atoms with Crippen molar-refractivity contribution in [2.45, 2.75) is 18.8 Å². The van der Waals surface area contributed by atoms with Crippen molar-refractivity contribution in [2.75, 3.05) is 0 Å². The minimum Gasteiger partial charge on any atom is -0.481 e. The molecule has 2 aromatic rings. The second-order valence-corrected chi connectivity index (χ2v) is 4.62. The summed E-state index contributed by atoms with van der Waals surface area (Å²) in [5.74, 6) is -0.360. The molecule has 1 heterocycles. The molecule has 0 saturated heterocycles. The number of fused-ring (bicyclic) bond motifs is 1. The molecular weight excluding hydrogens is 228 g/mol. The fourth-order valence-corrected chi connectivity index (χ4v) is 2.63. The zero-order chi connectivity index (χ0) is 12.7. The summed E-state index contributed by atoms with van der Waals surface area (Å²) in [6.07, 6.45) is 1.46. The van der Waals surface area contributed by atoms with Crippen LogP contribution < -0.4 is 0 Å². The molecule has 0 fully saturated rings. The van der Waals surface area contributed by atoms with Gasteiger partial charge in [-0.25, -0.2) is 4.98 Å². The van der Waals surface area contributed by atoms with Crippen molar-refractivity contribution < 1.29 is 9.90 Å². The van der Waals surface area contributed by atoms with Crippen LogP contribution >= 0.6 is 0 Å². The van der Waals surface area contributed by atoms with Gasteiger partial charge in [-0.1, -0.05) is 30.3 Å². The van der Waals surface area contributed by atoms with Gasteiger partial charge in [0, 0.05) is 18.3 Å². The molecule has 1 aliphatic carbocycles. The number of nitrogens with zero attached hydrogens (tertiary/aromatic N) is 2. The summed E-state index contributed by atoms with van der Waals surface area (Å²) in [7, 11) is 1.96. The molecule has 0 saturated carbocycles. The summed E-state index contributed by atoms with van der Waals surface area (Å²) >= 11 is 0. The first-order valence-electron chi connectivity index (χ1n) is 6.02. The maximum Gasteiger partial charge on any atom is 0.312 e. The van der Waals surface area contributed by atoms with Crippen LogP contribution in [0, 0.1) is 0 Å². The van der Waals surface area contributed by atoms with Crippen molar-refractivity contribution in [3.63, 3.8) is 0 Å². The van der Waals surface area contributed by atoms with Gasteiger partial charge in [-0.2, -0.15) is 0 Å². The van der Waals surface area contributed by atoms with E-state index in [1.807, 2.05) is 41.9 Å². The Morgan fingerprint density at radius 1 is 1.39 bits per heavy atom. The van der Waals surface area contributed by atoms with Crippen molar-refractivity contribution in [3.8, 4) is 11.4 Å². The van der Waals surface area contributed by atoms with E-state index in [2.05, 4.69) is 4.98 Å². The van der Waals surface area contributed by atoms with Gasteiger partial charge in [0.05, 0.1) is 5.69 Å². The SMILES string of the molecule is Cn1c(-c2ccccc2)nc2c1CCC2C(=O)O. The van der Waals surface area contributed by atoms with E-state index in [4.69, 9.17) is 0 Å². The lowest BCUT2D eigenvalue weighted by atomic mass is 10.1. The number of benzene rings is 1. The number of rotatable bonds is 2. The van der Waals surface area contributed by atoms with Gasteiger partial charge < -0.3 is 9.67 Å². The molecule has 4 nitrogen and oxygen atoms in total. The number of carboxylic acid groups (broad SMARTS) is 1. The number of imidazole rings is 1. The smallest absolute Gasteiger partial charge is 0.312 e. The maximum absolute atomic E-state index is 11.2. The Kier molecular flexibility index (Phi) is 2.44. The molecule has 1 aromatic carbocycles. The third kappa shape index (κ3) is 1.53. The maximum atomic E-state index is 11.2. The number of hydrogen-bond donors (Lipinski definition) is 1. The van der Waals surface area contributed by atoms with Crippen molar-refractivity contribution in [1.82, 2.24) is 9.55 Å². The van der Waals surface area contributed by atoms with E-state index in [9.17, 15) is 9.90 Å². The lowest BCUT2D eigenvalue weighted by molar-refractivity contribution is -0.138. The highest BCUT2D eigenvalue weighted by Gasteiger charge is 2.33. The van der Waals surface area contributed by atoms with Crippen LogP contribution in [0.2, 0.25) is 0 Å². The van der Waals surface area contributed by atoms with Crippen molar-refractivity contribution >= 4 is 5.97 Å². The average molecular weight is 242 g/mol. The Morgan fingerprint density at radius 2 is 2.11 bits per heavy atom. The summed E-state index contributed by atoms with van der Waals surface area (Å²) < 4.78 is 2.02. The van der Waals surface area contributed by atoms with Crippen molar-refractivity contribution in [2.24, 2.45) is 7.05 Å². The van der Waals surface area contributed by atoms with E-state index in [0.29, 0.717) is 6.42 Å². The van der Waals surface area contributed by atoms with Gasteiger partial charge in [0.1, 0.15) is 11.7 Å². The summed E-state index contributed by atoms with van der Waals surface area (Å²) in [5, 5.41) is 9.18. The second-order valence-electron chi connectivity index (χ2n) is 4.62. The molecule has 0 aliphatic heterocycles. The van der Waals surface area contributed by atoms with Crippen LogP contribution in [0.4, 0.5) is 0 Å². The molecule has 92 valence electrons. The quantitative estimate of drug-likeness (QED) is 0.878. The third-order valence-corrected chi connectivity index (χ3v) is 3.57. The molecule has 0 amide bonds. The van der Waals surface area contributed by atoms with Gasteiger partial charge in [0.2, 0.25) is 0 Å². The zero-order valence-corrected chi connectivity index (χ0v) is 10.1. The van der Waals surface area contributed by atoms with Crippen LogP contribution in [0.25, 0.3) is 11.4 Å². The van der Waals surface area contributed by atoms with Crippen LogP contribution in [-0.4, -0.2) is 20.6 Å². The highest BCUT2D eigenvalue weighted by Crippen LogP contribution is 2.35. The van der Waals surface area contributed by atoms with E-state index in [1.54, 1.807) is 0 Å². The second kappa shape index (κ2) is 3.98. The van der Waals surface area contributed by atoms with E-state index in [0.717, 1.165) is 29.2 Å². The molecule has 1 atom stereocenters. The lowest BCUT2D eigenvalue weighted by Crippen LogP contribution is -2.08. The Bertz CT molecular complexity index is 602. The number of carbonyl (C=O) groups is 1. The van der Waals surface area contributed by atoms with Gasteiger partial charge in [0.25, 0.3) is 0 Å². The van der Waals surface area contributed by atoms with Crippen LogP contribution in [0.1, 0.15) is 23.7 Å². The number of hydrogen-bond acceptors (Lipinski definition) is 2. The van der Waals surface area contributed by atoms with E-state index in [-0.39, 0.29) is 0 Å². The number of aromatic nitrogens is 2. The normalized spacial score (nSPS) is 17.7. The molecule has 1 unspecified atom stereocenters. The van der Waals surface area contributed by atoms with Gasteiger partial charge in [0.15, 0.2) is 0 Å². The van der Waals surface area contributed by atoms with Gasteiger partial charge in [-0.05, 0) is 12.8 Å². The molecule has 1 N–H and O–H groups in total. The van der Waals surface area contributed by atoms with Crippen LogP contribution in [0.5, 0.6) is 0 Å². The predicted octanol–water partition coefficient (Wildman–Crippen LogP) is 2.20. The molecule has 1 aliphatic rings. The third-order valence-electron chi connectivity index (χ3n) is 3.57. The fourth-order valence-electron chi connectivity index (χ4n) is 2.63. The van der Waals surface area contributed by atoms with Crippen molar-refractivity contribution in [1.29, 1.82) is 0 Å². The highest BCUT2D eigenvalue weighted by atomic mass is 16.4. The standard InChI is InChI=1S/C14H14N2O2/c1-16-11-8-7-10(14(17)18)12(11)15-13(16)9-5-3-2-4-6-9/h2-6,10H,7-8H2,1H3,(H,17,18). The molecule has 0 radical (unpaired) electrons. The minimum absolute atomic E-state index is 0.441. The Labute approximate surface area is 105 Å². The number of aliphatic carboxylic acids is 1. The lowest BCUT2D eigenvalue weighted by Gasteiger charge is -2.04. The van der Waals surface area contributed by atoms with Crippen LogP contribution in [0.3, 0.4) is 0 Å². The first-order valence-corrected chi connectivity index (χ1v) is 6.02. The van der Waals surface area contributed by atoms with E-state index in [1.165, 1.54) is 0 Å². The first kappa shape index (κ1) is 11.0. The van der Waals surface area contributed by atoms with Crippen LogP contribution in [-0.2, 0) is 18.3 Å². The molecule has 0 bridgehead atoms. The molecular formula is C14H14N2O2. The molecule has 3 rings (SSSR count). The van der Waals surface area contributed by atoms with E-state index < -0.39 is 11.9 Å². The first-order chi connectivity index (χ1) is 8.68. The summed E-state index contributed by atoms with van der Waals surface area (Å²) in [6.45, 7) is 0. The molecule has 18 heavy (non-hydrogen) atoms.